The van der Waals surface area contributed by atoms with E-state index in [-0.39, 0.29) is 21.7 Å². The molecule has 0 saturated heterocycles. The first-order valence-electron chi connectivity index (χ1n) is 3.63. The van der Waals surface area contributed by atoms with Crippen molar-refractivity contribution in [3.8, 4) is 0 Å². The summed E-state index contributed by atoms with van der Waals surface area (Å²) in [5.41, 5.74) is 0.714. The van der Waals surface area contributed by atoms with Crippen LogP contribution in [0.4, 0.5) is 4.39 Å². The monoisotopic (exact) mass is 264 g/mol. The first-order valence-corrected chi connectivity index (χ1v) is 4.80. The Morgan fingerprint density at radius 3 is 2.69 bits per heavy atom. The quantitative estimate of drug-likeness (QED) is 0.749. The Morgan fingerprint density at radius 1 is 1.62 bits per heavy atom. The van der Waals surface area contributed by atoms with Gasteiger partial charge in [-0.2, -0.15) is 0 Å². The largest absolute Gasteiger partial charge is 0.300 e. The van der Waals surface area contributed by atoms with E-state index in [9.17, 15) is 9.18 Å². The van der Waals surface area contributed by atoms with Gasteiger partial charge in [0, 0.05) is 6.42 Å². The molecule has 0 aliphatic carbocycles. The van der Waals surface area contributed by atoms with Crippen LogP contribution in [-0.2, 0) is 11.2 Å². The van der Waals surface area contributed by atoms with Crippen LogP contribution in [0.5, 0.6) is 0 Å². The highest BCUT2D eigenvalue weighted by Gasteiger charge is 2.07. The summed E-state index contributed by atoms with van der Waals surface area (Å²) in [6, 6.07) is 3.02. The maximum atomic E-state index is 13.0. The van der Waals surface area contributed by atoms with Crippen molar-refractivity contribution in [2.45, 2.75) is 13.3 Å². The predicted molar refractivity (Wildman–Crippen MR) is 53.5 cm³/mol. The molecule has 0 saturated carbocycles. The lowest BCUT2D eigenvalue weighted by molar-refractivity contribution is -0.116. The fourth-order valence-electron chi connectivity index (χ4n) is 0.998. The average molecular weight is 266 g/mol. The van der Waals surface area contributed by atoms with Gasteiger partial charge in [-0.05, 0) is 40.5 Å². The third kappa shape index (κ3) is 2.78. The fraction of sp³-hybridized carbons (Fsp3) is 0.222. The van der Waals surface area contributed by atoms with E-state index in [0.29, 0.717) is 5.56 Å². The molecule has 1 rings (SSSR count). The molecule has 70 valence electrons. The van der Waals surface area contributed by atoms with Crippen molar-refractivity contribution in [2.75, 3.05) is 0 Å². The zero-order chi connectivity index (χ0) is 10.0. The summed E-state index contributed by atoms with van der Waals surface area (Å²) in [7, 11) is 0. The Morgan fingerprint density at radius 2 is 2.23 bits per heavy atom. The zero-order valence-electron chi connectivity index (χ0n) is 6.90. The van der Waals surface area contributed by atoms with E-state index in [4.69, 9.17) is 11.6 Å². The number of hydrogen-bond acceptors (Lipinski definition) is 1. The molecule has 0 atom stereocenters. The van der Waals surface area contributed by atoms with Crippen LogP contribution in [0, 0.1) is 5.82 Å². The minimum atomic E-state index is -0.492. The highest BCUT2D eigenvalue weighted by molar-refractivity contribution is 9.10. The molecule has 1 aromatic rings. The smallest absolute Gasteiger partial charge is 0.155 e. The number of hydrogen-bond donors (Lipinski definition) is 0. The minimum Gasteiger partial charge on any atom is -0.300 e. The van der Waals surface area contributed by atoms with Crippen LogP contribution in [0.25, 0.3) is 0 Å². The van der Waals surface area contributed by atoms with Crippen LogP contribution < -0.4 is 0 Å². The molecular weight excluding hydrogens is 258 g/mol. The molecule has 4 heteroatoms. The molecule has 0 aliphatic heterocycles. The molecule has 1 aromatic carbocycles. The lowest BCUT2D eigenvalue weighted by Crippen LogP contribution is -1.97. The van der Waals surface area contributed by atoms with E-state index in [1.54, 1.807) is 6.07 Å². The molecule has 0 radical (unpaired) electrons. The summed E-state index contributed by atoms with van der Waals surface area (Å²) in [6.45, 7) is 1.48. The molecule has 0 amide bonds. The molecule has 0 aromatic heterocycles. The molecular formula is C9H7BrClFO. The molecule has 0 bridgehead atoms. The van der Waals surface area contributed by atoms with Gasteiger partial charge in [-0.1, -0.05) is 11.6 Å². The van der Waals surface area contributed by atoms with Crippen molar-refractivity contribution in [3.05, 3.63) is 33.0 Å². The zero-order valence-corrected chi connectivity index (χ0v) is 9.25. The van der Waals surface area contributed by atoms with Crippen LogP contribution in [-0.4, -0.2) is 5.78 Å². The van der Waals surface area contributed by atoms with Crippen molar-refractivity contribution >= 4 is 33.3 Å². The van der Waals surface area contributed by atoms with Gasteiger partial charge in [0.05, 0.1) is 9.50 Å². The van der Waals surface area contributed by atoms with Crippen LogP contribution in [0.3, 0.4) is 0 Å². The number of halogens is 3. The topological polar surface area (TPSA) is 17.1 Å². The van der Waals surface area contributed by atoms with Crippen molar-refractivity contribution in [3.63, 3.8) is 0 Å². The van der Waals surface area contributed by atoms with Gasteiger partial charge in [0.1, 0.15) is 5.78 Å². The normalized spacial score (nSPS) is 10.2. The Hall–Kier alpha value is -0.410. The van der Waals surface area contributed by atoms with Gasteiger partial charge in [0.25, 0.3) is 0 Å². The highest BCUT2D eigenvalue weighted by atomic mass is 79.9. The summed E-state index contributed by atoms with van der Waals surface area (Å²) in [6.07, 6.45) is 0.276. The number of rotatable bonds is 2. The van der Waals surface area contributed by atoms with Crippen molar-refractivity contribution in [2.24, 2.45) is 0 Å². The first kappa shape index (κ1) is 10.7. The van der Waals surface area contributed by atoms with Crippen molar-refractivity contribution in [1.82, 2.24) is 0 Å². The Kier molecular flexibility index (Phi) is 3.45. The van der Waals surface area contributed by atoms with Crippen LogP contribution in [0.1, 0.15) is 12.5 Å². The van der Waals surface area contributed by atoms with Crippen LogP contribution >= 0.6 is 27.5 Å². The predicted octanol–water partition coefficient (Wildman–Crippen LogP) is 3.37. The highest BCUT2D eigenvalue weighted by Crippen LogP contribution is 2.25. The summed E-state index contributed by atoms with van der Waals surface area (Å²) >= 11 is 8.60. The van der Waals surface area contributed by atoms with Gasteiger partial charge < -0.3 is 0 Å². The average Bonchev–Trinajstić information content (AvgIpc) is 1.98. The van der Waals surface area contributed by atoms with Crippen molar-refractivity contribution in [1.29, 1.82) is 0 Å². The third-order valence-corrected chi connectivity index (χ3v) is 2.35. The van der Waals surface area contributed by atoms with Gasteiger partial charge in [-0.15, -0.1) is 0 Å². The van der Waals surface area contributed by atoms with Gasteiger partial charge in [-0.3, -0.25) is 4.79 Å². The Labute approximate surface area is 89.0 Å². The van der Waals surface area contributed by atoms with Crippen LogP contribution in [0.2, 0.25) is 5.02 Å². The second kappa shape index (κ2) is 4.20. The van der Waals surface area contributed by atoms with E-state index in [1.165, 1.54) is 13.0 Å². The SMILES string of the molecule is CC(=O)Cc1cc(Cl)c(F)c(Br)c1. The number of carbonyl (C=O) groups excluding carboxylic acids is 1. The number of Topliss-reactive ketones (excluding diaryl/α,β-unsaturated/α-hetero) is 1. The molecule has 0 spiro atoms. The number of benzene rings is 1. The van der Waals surface area contributed by atoms with E-state index >= 15 is 0 Å². The fourth-order valence-corrected chi connectivity index (χ4v) is 1.86. The molecule has 0 aliphatic rings. The van der Waals surface area contributed by atoms with Gasteiger partial charge in [-0.25, -0.2) is 4.39 Å². The van der Waals surface area contributed by atoms with E-state index < -0.39 is 5.82 Å². The lowest BCUT2D eigenvalue weighted by Gasteiger charge is -2.02. The Bertz CT molecular complexity index is 328. The minimum absolute atomic E-state index is 0.0228. The molecule has 13 heavy (non-hydrogen) atoms. The second-order valence-corrected chi connectivity index (χ2v) is 4.01. The molecule has 0 unspecified atom stereocenters. The van der Waals surface area contributed by atoms with E-state index in [1.807, 2.05) is 0 Å². The first-order chi connectivity index (χ1) is 6.00. The second-order valence-electron chi connectivity index (χ2n) is 2.75. The number of ketones is 1. The summed E-state index contributed by atoms with van der Waals surface area (Å²) in [4.78, 5) is 10.8. The standard InChI is InChI=1S/C9H7BrClFO/c1-5(13)2-6-3-7(10)9(12)8(11)4-6/h3-4H,2H2,1H3. The van der Waals surface area contributed by atoms with Crippen LogP contribution in [0.15, 0.2) is 16.6 Å². The third-order valence-electron chi connectivity index (χ3n) is 1.50. The summed E-state index contributed by atoms with van der Waals surface area (Å²) in [5, 5.41) is 0.0330. The maximum Gasteiger partial charge on any atom is 0.155 e. The van der Waals surface area contributed by atoms with Crippen molar-refractivity contribution < 1.29 is 9.18 Å². The van der Waals surface area contributed by atoms with Gasteiger partial charge >= 0.3 is 0 Å². The molecule has 1 nitrogen and oxygen atoms in total. The summed E-state index contributed by atoms with van der Waals surface area (Å²) in [5.74, 6) is -0.469. The Balaban J connectivity index is 3.06. The molecule has 0 heterocycles. The summed E-state index contributed by atoms with van der Waals surface area (Å²) < 4.78 is 13.3. The van der Waals surface area contributed by atoms with E-state index in [0.717, 1.165) is 0 Å². The van der Waals surface area contributed by atoms with E-state index in [2.05, 4.69) is 15.9 Å². The maximum absolute atomic E-state index is 13.0. The molecule has 0 N–H and O–H groups in total. The van der Waals surface area contributed by atoms with Gasteiger partial charge in [0.2, 0.25) is 0 Å². The molecule has 0 fully saturated rings. The van der Waals surface area contributed by atoms with Gasteiger partial charge in [0.15, 0.2) is 5.82 Å². The lowest BCUT2D eigenvalue weighted by atomic mass is 10.1. The number of carbonyl (C=O) groups is 1.